The number of carbonyl (C=O) groups is 1. The number of carbonyl (C=O) groups excluding carboxylic acids is 1. The van der Waals surface area contributed by atoms with Crippen LogP contribution in [0.25, 0.3) is 0 Å². The van der Waals surface area contributed by atoms with Crippen LogP contribution in [0.5, 0.6) is 0 Å². The van der Waals surface area contributed by atoms with Gasteiger partial charge in [-0.1, -0.05) is 38.3 Å². The molecule has 26 heavy (non-hydrogen) atoms. The Hall–Kier alpha value is -2.76. The number of nitrogen functional groups attached to an aromatic ring is 1. The van der Waals surface area contributed by atoms with E-state index in [0.29, 0.717) is 24.5 Å². The second-order valence-corrected chi connectivity index (χ2v) is 6.10. The number of hydrogen-bond acceptors (Lipinski definition) is 4. The summed E-state index contributed by atoms with van der Waals surface area (Å²) in [6.07, 6.45) is 3.71. The molecule has 0 saturated carbocycles. The largest absolute Gasteiger partial charge is 0.449 e. The topological polar surface area (TPSA) is 76.4 Å². The molecular weight excluding hydrogens is 333 g/mol. The van der Waals surface area contributed by atoms with Crippen LogP contribution < -0.4 is 16.4 Å². The smallest absolute Gasteiger partial charge is 0.411 e. The number of unbranched alkanes of at least 4 members (excludes halogenated alkanes) is 3. The monoisotopic (exact) mass is 359 g/mol. The third-order valence-electron chi connectivity index (χ3n) is 3.93. The van der Waals surface area contributed by atoms with Gasteiger partial charge in [0.25, 0.3) is 0 Å². The van der Waals surface area contributed by atoms with Gasteiger partial charge in [-0.05, 0) is 42.3 Å². The van der Waals surface area contributed by atoms with Gasteiger partial charge in [-0.25, -0.2) is 9.18 Å². The van der Waals surface area contributed by atoms with Crippen LogP contribution in [-0.2, 0) is 11.3 Å². The van der Waals surface area contributed by atoms with Crippen molar-refractivity contribution in [3.8, 4) is 0 Å². The van der Waals surface area contributed by atoms with Crippen molar-refractivity contribution < 1.29 is 13.9 Å². The van der Waals surface area contributed by atoms with Gasteiger partial charge in [0.1, 0.15) is 5.82 Å². The Morgan fingerprint density at radius 3 is 2.58 bits per heavy atom. The number of halogens is 1. The maximum atomic E-state index is 12.9. The molecule has 0 heterocycles. The Morgan fingerprint density at radius 2 is 1.88 bits per heavy atom. The van der Waals surface area contributed by atoms with Gasteiger partial charge in [0, 0.05) is 12.2 Å². The third-order valence-corrected chi connectivity index (χ3v) is 3.93. The zero-order valence-corrected chi connectivity index (χ0v) is 15.1. The van der Waals surface area contributed by atoms with E-state index in [-0.39, 0.29) is 5.82 Å². The number of ether oxygens (including phenoxy) is 1. The molecule has 0 fully saturated rings. The van der Waals surface area contributed by atoms with Crippen LogP contribution in [0.2, 0.25) is 0 Å². The lowest BCUT2D eigenvalue weighted by molar-refractivity contribution is 0.159. The van der Waals surface area contributed by atoms with E-state index in [1.54, 1.807) is 24.3 Å². The predicted molar refractivity (Wildman–Crippen MR) is 104 cm³/mol. The minimum Gasteiger partial charge on any atom is -0.449 e. The first-order chi connectivity index (χ1) is 12.6. The van der Waals surface area contributed by atoms with E-state index in [4.69, 9.17) is 10.5 Å². The predicted octanol–water partition coefficient (Wildman–Crippen LogP) is 5.15. The quantitative estimate of drug-likeness (QED) is 0.427. The molecule has 0 aliphatic carbocycles. The van der Waals surface area contributed by atoms with Crippen molar-refractivity contribution in [2.45, 2.75) is 39.2 Å². The minimum absolute atomic E-state index is 0.259. The maximum Gasteiger partial charge on any atom is 0.411 e. The van der Waals surface area contributed by atoms with E-state index in [9.17, 15) is 9.18 Å². The molecule has 0 saturated heterocycles. The Labute approximate surface area is 153 Å². The number of anilines is 3. The fraction of sp³-hybridized carbons (Fsp3) is 0.350. The fourth-order valence-corrected chi connectivity index (χ4v) is 2.43. The van der Waals surface area contributed by atoms with Gasteiger partial charge in [0.15, 0.2) is 0 Å². The molecule has 0 atom stereocenters. The lowest BCUT2D eigenvalue weighted by Crippen LogP contribution is -2.15. The lowest BCUT2D eigenvalue weighted by atomic mass is 10.2. The Bertz CT molecular complexity index is 705. The van der Waals surface area contributed by atoms with E-state index in [2.05, 4.69) is 17.6 Å². The van der Waals surface area contributed by atoms with Crippen molar-refractivity contribution in [1.82, 2.24) is 0 Å². The molecule has 6 heteroatoms. The Balaban J connectivity index is 1.80. The van der Waals surface area contributed by atoms with Crippen molar-refractivity contribution in [3.63, 3.8) is 0 Å². The molecule has 0 radical (unpaired) electrons. The molecule has 0 unspecified atom stereocenters. The first-order valence-corrected chi connectivity index (χ1v) is 8.90. The normalized spacial score (nSPS) is 10.4. The fourth-order valence-electron chi connectivity index (χ4n) is 2.43. The summed E-state index contributed by atoms with van der Waals surface area (Å²) in [6, 6.07) is 11.6. The highest BCUT2D eigenvalue weighted by Gasteiger charge is 2.07. The van der Waals surface area contributed by atoms with E-state index < -0.39 is 6.09 Å². The number of rotatable bonds is 9. The Kier molecular flexibility index (Phi) is 7.74. The van der Waals surface area contributed by atoms with E-state index in [0.717, 1.165) is 36.9 Å². The van der Waals surface area contributed by atoms with Crippen LogP contribution in [0.3, 0.4) is 0 Å². The number of benzene rings is 2. The molecular formula is C20H26FN3O2. The summed E-state index contributed by atoms with van der Waals surface area (Å²) in [5, 5.41) is 5.86. The first-order valence-electron chi connectivity index (χ1n) is 8.90. The standard InChI is InChI=1S/C20H26FN3O2/c1-2-3-4-5-12-26-20(25)24-19-11-10-17(13-18(19)22)23-14-15-6-8-16(21)9-7-15/h6-11,13,23H,2-5,12,14,22H2,1H3,(H,24,25). The van der Waals surface area contributed by atoms with Gasteiger partial charge in [-0.2, -0.15) is 0 Å². The zero-order chi connectivity index (χ0) is 18.8. The summed E-state index contributed by atoms with van der Waals surface area (Å²) in [6.45, 7) is 3.09. The van der Waals surface area contributed by atoms with Crippen LogP contribution in [0.4, 0.5) is 26.2 Å². The number of nitrogens with two attached hydrogens (primary N) is 1. The molecule has 4 N–H and O–H groups in total. The van der Waals surface area contributed by atoms with Crippen LogP contribution in [0, 0.1) is 5.82 Å². The Morgan fingerprint density at radius 1 is 1.12 bits per heavy atom. The molecule has 2 aromatic carbocycles. The van der Waals surface area contributed by atoms with Gasteiger partial charge in [0.2, 0.25) is 0 Å². The zero-order valence-electron chi connectivity index (χ0n) is 15.1. The second-order valence-electron chi connectivity index (χ2n) is 6.10. The number of hydrogen-bond donors (Lipinski definition) is 3. The summed E-state index contributed by atoms with van der Waals surface area (Å²) in [5.74, 6) is -0.259. The van der Waals surface area contributed by atoms with Gasteiger partial charge in [-0.15, -0.1) is 0 Å². The van der Waals surface area contributed by atoms with Crippen molar-refractivity contribution in [3.05, 3.63) is 53.8 Å². The minimum atomic E-state index is -0.500. The van der Waals surface area contributed by atoms with Gasteiger partial charge in [-0.3, -0.25) is 5.32 Å². The molecule has 1 amide bonds. The molecule has 0 spiro atoms. The van der Waals surface area contributed by atoms with Crippen LogP contribution in [-0.4, -0.2) is 12.7 Å². The third kappa shape index (κ3) is 6.63. The van der Waals surface area contributed by atoms with E-state index in [1.165, 1.54) is 12.1 Å². The molecule has 140 valence electrons. The molecule has 0 bridgehead atoms. The number of nitrogens with one attached hydrogen (secondary N) is 2. The van der Waals surface area contributed by atoms with Crippen LogP contribution in [0.1, 0.15) is 38.2 Å². The van der Waals surface area contributed by atoms with E-state index in [1.807, 2.05) is 6.07 Å². The van der Waals surface area contributed by atoms with Crippen molar-refractivity contribution in [1.29, 1.82) is 0 Å². The molecule has 0 aliphatic rings. The molecule has 2 rings (SSSR count). The molecule has 2 aromatic rings. The van der Waals surface area contributed by atoms with Gasteiger partial charge < -0.3 is 15.8 Å². The van der Waals surface area contributed by atoms with Crippen LogP contribution in [0.15, 0.2) is 42.5 Å². The highest BCUT2D eigenvalue weighted by atomic mass is 19.1. The number of amides is 1. The summed E-state index contributed by atoms with van der Waals surface area (Å²) >= 11 is 0. The summed E-state index contributed by atoms with van der Waals surface area (Å²) < 4.78 is 18.0. The van der Waals surface area contributed by atoms with Crippen molar-refractivity contribution in [2.24, 2.45) is 0 Å². The van der Waals surface area contributed by atoms with Crippen molar-refractivity contribution in [2.75, 3.05) is 23.0 Å². The van der Waals surface area contributed by atoms with Crippen molar-refractivity contribution >= 4 is 23.2 Å². The highest BCUT2D eigenvalue weighted by Crippen LogP contribution is 2.23. The molecule has 0 aromatic heterocycles. The van der Waals surface area contributed by atoms with E-state index >= 15 is 0 Å². The lowest BCUT2D eigenvalue weighted by Gasteiger charge is -2.12. The average molecular weight is 359 g/mol. The molecule has 5 nitrogen and oxygen atoms in total. The van der Waals surface area contributed by atoms with Gasteiger partial charge >= 0.3 is 6.09 Å². The maximum absolute atomic E-state index is 12.9. The highest BCUT2D eigenvalue weighted by molar-refractivity contribution is 5.89. The first kappa shape index (κ1) is 19.6. The summed E-state index contributed by atoms with van der Waals surface area (Å²) in [5.41, 5.74) is 8.71. The second kappa shape index (κ2) is 10.3. The summed E-state index contributed by atoms with van der Waals surface area (Å²) in [7, 11) is 0. The van der Waals surface area contributed by atoms with Crippen LogP contribution >= 0.6 is 0 Å². The average Bonchev–Trinajstić information content (AvgIpc) is 2.63. The SMILES string of the molecule is CCCCCCOC(=O)Nc1ccc(NCc2ccc(F)cc2)cc1N. The molecule has 0 aliphatic heterocycles. The summed E-state index contributed by atoms with van der Waals surface area (Å²) in [4.78, 5) is 11.8. The van der Waals surface area contributed by atoms with Gasteiger partial charge in [0.05, 0.1) is 18.0 Å².